The summed E-state index contributed by atoms with van der Waals surface area (Å²) in [7, 11) is 1.99. The monoisotopic (exact) mass is 257 g/mol. The zero-order valence-electron chi connectivity index (χ0n) is 11.3. The van der Waals surface area contributed by atoms with Crippen LogP contribution in [0.25, 0.3) is 0 Å². The number of anilines is 2. The zero-order valence-corrected chi connectivity index (χ0v) is 11.3. The second kappa shape index (κ2) is 6.09. The number of aromatic nitrogens is 1. The second-order valence-electron chi connectivity index (χ2n) is 4.32. The van der Waals surface area contributed by atoms with Crippen LogP contribution in [0.5, 0.6) is 5.88 Å². The normalized spacial score (nSPS) is 10.2. The van der Waals surface area contributed by atoms with Gasteiger partial charge in [0.15, 0.2) is 0 Å². The van der Waals surface area contributed by atoms with Crippen molar-refractivity contribution in [2.24, 2.45) is 0 Å². The highest BCUT2D eigenvalue weighted by Gasteiger charge is 2.06. The first kappa shape index (κ1) is 13.2. The van der Waals surface area contributed by atoms with E-state index in [0.717, 1.165) is 23.6 Å². The summed E-state index contributed by atoms with van der Waals surface area (Å²) >= 11 is 0. The van der Waals surface area contributed by atoms with Gasteiger partial charge in [-0.3, -0.25) is 0 Å². The molecule has 1 heterocycles. The van der Waals surface area contributed by atoms with Crippen molar-refractivity contribution < 1.29 is 4.74 Å². The molecule has 0 fully saturated rings. The van der Waals surface area contributed by atoms with E-state index in [9.17, 15) is 0 Å². The van der Waals surface area contributed by atoms with Crippen LogP contribution in [0.15, 0.2) is 42.5 Å². The third-order valence-corrected chi connectivity index (χ3v) is 2.85. The van der Waals surface area contributed by atoms with Crippen LogP contribution in [0.2, 0.25) is 0 Å². The van der Waals surface area contributed by atoms with Crippen LogP contribution in [0.3, 0.4) is 0 Å². The maximum atomic E-state index is 5.95. The molecule has 2 aromatic rings. The molecular formula is C15H19N3O. The molecule has 0 bridgehead atoms. The van der Waals surface area contributed by atoms with Crippen LogP contribution in [-0.4, -0.2) is 18.6 Å². The first-order valence-electron chi connectivity index (χ1n) is 6.35. The van der Waals surface area contributed by atoms with Crippen LogP contribution in [0.4, 0.5) is 11.5 Å². The van der Waals surface area contributed by atoms with Crippen molar-refractivity contribution in [2.45, 2.75) is 13.5 Å². The first-order chi connectivity index (χ1) is 9.20. The lowest BCUT2D eigenvalue weighted by Gasteiger charge is -2.19. The molecule has 0 atom stereocenters. The van der Waals surface area contributed by atoms with E-state index in [4.69, 9.17) is 10.5 Å². The van der Waals surface area contributed by atoms with Gasteiger partial charge in [0.1, 0.15) is 5.82 Å². The van der Waals surface area contributed by atoms with Gasteiger partial charge in [-0.2, -0.15) is 4.98 Å². The Labute approximate surface area is 113 Å². The molecule has 2 rings (SSSR count). The van der Waals surface area contributed by atoms with E-state index in [1.54, 1.807) is 0 Å². The van der Waals surface area contributed by atoms with Crippen LogP contribution in [0.1, 0.15) is 12.5 Å². The molecule has 19 heavy (non-hydrogen) atoms. The predicted octanol–water partition coefficient (Wildman–Crippen LogP) is 2.70. The van der Waals surface area contributed by atoms with E-state index in [0.29, 0.717) is 12.5 Å². The van der Waals surface area contributed by atoms with Gasteiger partial charge in [0.25, 0.3) is 0 Å². The molecule has 4 nitrogen and oxygen atoms in total. The van der Waals surface area contributed by atoms with Gasteiger partial charge in [0.2, 0.25) is 5.88 Å². The number of hydrogen-bond donors (Lipinski definition) is 1. The molecule has 0 radical (unpaired) electrons. The van der Waals surface area contributed by atoms with Gasteiger partial charge in [-0.15, -0.1) is 0 Å². The summed E-state index contributed by atoms with van der Waals surface area (Å²) < 4.78 is 5.41. The van der Waals surface area contributed by atoms with Crippen molar-refractivity contribution in [3.8, 4) is 5.88 Å². The molecule has 0 spiro atoms. The summed E-state index contributed by atoms with van der Waals surface area (Å²) in [6, 6.07) is 13.6. The fourth-order valence-electron chi connectivity index (χ4n) is 1.86. The Balaban J connectivity index is 2.13. The Morgan fingerprint density at radius 1 is 1.16 bits per heavy atom. The van der Waals surface area contributed by atoms with Gasteiger partial charge in [0.05, 0.1) is 6.61 Å². The average Bonchev–Trinajstić information content (AvgIpc) is 2.42. The highest BCUT2D eigenvalue weighted by atomic mass is 16.5. The topological polar surface area (TPSA) is 51.4 Å². The van der Waals surface area contributed by atoms with Crippen molar-refractivity contribution in [1.29, 1.82) is 0 Å². The summed E-state index contributed by atoms with van der Waals surface area (Å²) in [4.78, 5) is 6.50. The minimum Gasteiger partial charge on any atom is -0.478 e. The Bertz CT molecular complexity index is 542. The van der Waals surface area contributed by atoms with Crippen LogP contribution in [-0.2, 0) is 6.54 Å². The van der Waals surface area contributed by atoms with Crippen LogP contribution in [0, 0.1) is 0 Å². The van der Waals surface area contributed by atoms with E-state index in [2.05, 4.69) is 4.98 Å². The van der Waals surface area contributed by atoms with Crippen molar-refractivity contribution in [2.75, 3.05) is 24.3 Å². The fourth-order valence-corrected chi connectivity index (χ4v) is 1.86. The largest absolute Gasteiger partial charge is 0.478 e. The summed E-state index contributed by atoms with van der Waals surface area (Å²) in [5.74, 6) is 1.52. The molecule has 0 aliphatic carbocycles. The Morgan fingerprint density at radius 2 is 1.95 bits per heavy atom. The quantitative estimate of drug-likeness (QED) is 0.837. The lowest BCUT2D eigenvalue weighted by Crippen LogP contribution is -2.18. The Kier molecular flexibility index (Phi) is 4.23. The number of nitrogen functional groups attached to an aromatic ring is 1. The van der Waals surface area contributed by atoms with E-state index >= 15 is 0 Å². The van der Waals surface area contributed by atoms with Gasteiger partial charge in [0, 0.05) is 25.3 Å². The van der Waals surface area contributed by atoms with Crippen LogP contribution < -0.4 is 15.4 Å². The maximum absolute atomic E-state index is 5.95. The maximum Gasteiger partial charge on any atom is 0.215 e. The molecule has 100 valence electrons. The van der Waals surface area contributed by atoms with Crippen molar-refractivity contribution >= 4 is 11.5 Å². The molecule has 0 saturated carbocycles. The number of nitrogens with zero attached hydrogens (tertiary/aromatic N) is 2. The Hall–Kier alpha value is -2.23. The zero-order chi connectivity index (χ0) is 13.7. The summed E-state index contributed by atoms with van der Waals surface area (Å²) in [5.41, 5.74) is 7.85. The number of hydrogen-bond acceptors (Lipinski definition) is 4. The SMILES string of the molecule is CCOc1cccc(N(C)Cc2ccccc2N)n1. The number of rotatable bonds is 5. The van der Waals surface area contributed by atoms with E-state index in [1.165, 1.54) is 0 Å². The molecular weight excluding hydrogens is 238 g/mol. The van der Waals surface area contributed by atoms with E-state index in [1.807, 2.05) is 61.3 Å². The van der Waals surface area contributed by atoms with Gasteiger partial charge in [-0.05, 0) is 24.6 Å². The van der Waals surface area contributed by atoms with Crippen molar-refractivity contribution in [1.82, 2.24) is 4.98 Å². The number of benzene rings is 1. The molecule has 1 aromatic heterocycles. The van der Waals surface area contributed by atoms with Gasteiger partial charge >= 0.3 is 0 Å². The highest BCUT2D eigenvalue weighted by Crippen LogP contribution is 2.19. The molecule has 0 amide bonds. The standard InChI is InChI=1S/C15H19N3O/c1-3-19-15-10-6-9-14(17-15)18(2)11-12-7-4-5-8-13(12)16/h4-10H,3,11,16H2,1-2H3. The summed E-state index contributed by atoms with van der Waals surface area (Å²) in [6.45, 7) is 3.28. The van der Waals surface area contributed by atoms with Crippen molar-refractivity contribution in [3.63, 3.8) is 0 Å². The lowest BCUT2D eigenvalue weighted by atomic mass is 10.2. The number of nitrogens with two attached hydrogens (primary N) is 1. The molecule has 0 unspecified atom stereocenters. The predicted molar refractivity (Wildman–Crippen MR) is 78.4 cm³/mol. The lowest BCUT2D eigenvalue weighted by molar-refractivity contribution is 0.327. The first-order valence-corrected chi connectivity index (χ1v) is 6.35. The molecule has 4 heteroatoms. The third-order valence-electron chi connectivity index (χ3n) is 2.85. The van der Waals surface area contributed by atoms with Crippen molar-refractivity contribution in [3.05, 3.63) is 48.0 Å². The minimum absolute atomic E-state index is 0.617. The van der Waals surface area contributed by atoms with E-state index in [-0.39, 0.29) is 0 Å². The Morgan fingerprint density at radius 3 is 2.68 bits per heavy atom. The molecule has 0 aliphatic rings. The second-order valence-corrected chi connectivity index (χ2v) is 4.32. The highest BCUT2D eigenvalue weighted by molar-refractivity contribution is 5.49. The molecule has 1 aromatic carbocycles. The van der Waals surface area contributed by atoms with E-state index < -0.39 is 0 Å². The summed E-state index contributed by atoms with van der Waals surface area (Å²) in [6.07, 6.45) is 0. The van der Waals surface area contributed by atoms with Gasteiger partial charge in [-0.25, -0.2) is 0 Å². The average molecular weight is 257 g/mol. The number of ether oxygens (including phenoxy) is 1. The molecule has 0 aliphatic heterocycles. The van der Waals surface area contributed by atoms with Gasteiger partial charge in [-0.1, -0.05) is 24.3 Å². The molecule has 2 N–H and O–H groups in total. The fraction of sp³-hybridized carbons (Fsp3) is 0.267. The number of para-hydroxylation sites is 1. The number of pyridine rings is 1. The summed E-state index contributed by atoms with van der Waals surface area (Å²) in [5, 5.41) is 0. The van der Waals surface area contributed by atoms with Gasteiger partial charge < -0.3 is 15.4 Å². The minimum atomic E-state index is 0.617. The third kappa shape index (κ3) is 3.37. The molecule has 0 saturated heterocycles. The van der Waals surface area contributed by atoms with Crippen LogP contribution >= 0.6 is 0 Å². The smallest absolute Gasteiger partial charge is 0.215 e.